The van der Waals surface area contributed by atoms with Crippen LogP contribution in [0.25, 0.3) is 22.3 Å². The van der Waals surface area contributed by atoms with Crippen molar-refractivity contribution in [2.75, 3.05) is 39.6 Å². The second-order valence-corrected chi connectivity index (χ2v) is 28.0. The number of hydrogen-bond donors (Lipinski definition) is 0. The molecule has 0 radical (unpaired) electrons. The molecule has 0 atom stereocenters. The third kappa shape index (κ3) is 11.9. The van der Waals surface area contributed by atoms with Crippen molar-refractivity contribution in [1.82, 2.24) is 0 Å². The highest BCUT2D eigenvalue weighted by Gasteiger charge is 2.36. The van der Waals surface area contributed by atoms with E-state index in [2.05, 4.69) is 132 Å². The molecule has 10 rings (SSSR count). The van der Waals surface area contributed by atoms with E-state index < -0.39 is 0 Å². The number of Topliss-reactive ketones (excluding diaryl/α,β-unsaturated/α-hetero) is 4. The summed E-state index contributed by atoms with van der Waals surface area (Å²) in [7, 11) is 0. The molecule has 0 amide bonds. The summed E-state index contributed by atoms with van der Waals surface area (Å²) in [4.78, 5) is 58.2. The van der Waals surface area contributed by atoms with E-state index in [0.29, 0.717) is 60.2 Å². The van der Waals surface area contributed by atoms with Crippen molar-refractivity contribution in [3.8, 4) is 11.5 Å². The molecule has 1 aliphatic heterocycles. The van der Waals surface area contributed by atoms with Gasteiger partial charge in [-0.25, -0.2) is 0 Å². The molecule has 0 unspecified atom stereocenters. The molecule has 5 aliphatic carbocycles. The van der Waals surface area contributed by atoms with Gasteiger partial charge in [0, 0.05) is 88.4 Å². The number of para-hydroxylation sites is 2. The fourth-order valence-electron chi connectivity index (χ4n) is 11.1. The number of benzene rings is 2. The molecule has 0 N–H and O–H groups in total. The third-order valence-corrected chi connectivity index (χ3v) is 17.8. The van der Waals surface area contributed by atoms with Gasteiger partial charge in [0.1, 0.15) is 24.7 Å². The first-order valence-corrected chi connectivity index (χ1v) is 29.7. The van der Waals surface area contributed by atoms with Gasteiger partial charge in [-0.3, -0.25) is 19.2 Å². The number of allylic oxidation sites excluding steroid dienone is 16. The molecule has 10 bridgehead atoms. The summed E-state index contributed by atoms with van der Waals surface area (Å²) in [5.74, 6) is 1.35. The maximum atomic E-state index is 15.2. The smallest absolute Gasteiger partial charge is 0.186 e. The van der Waals surface area contributed by atoms with Crippen LogP contribution in [0.15, 0.2) is 154 Å². The summed E-state index contributed by atoms with van der Waals surface area (Å²) in [5, 5.41) is 0. The first kappa shape index (κ1) is 56.7. The summed E-state index contributed by atoms with van der Waals surface area (Å²) in [6.45, 7) is 27.0. The van der Waals surface area contributed by atoms with Gasteiger partial charge in [-0.05, 0) is 139 Å². The molecule has 3 heterocycles. The molecule has 0 saturated heterocycles. The molecule has 2 aromatic carbocycles. The number of carbonyl (C=O) groups excluding carboxylic acids is 4. The Kier molecular flexibility index (Phi) is 15.6. The van der Waals surface area contributed by atoms with Crippen LogP contribution in [0.4, 0.5) is 0 Å². The lowest BCUT2D eigenvalue weighted by Gasteiger charge is -2.31. The highest BCUT2D eigenvalue weighted by atomic mass is 32.1. The standard InChI is InChI=1S/C70H74O8S2/c1-67(2,3)53-37-47(38-54(63(53)73)68(4,5)6)59-21-19-57(79-59)45-33-49-29-41-15-13-17-43-31-51-35-46(58-20-22-60(80-58)48-39-55(69(7,8)9)64(74)56(40-48)70(10,11)12)36-52(62(51)72)32-44-18-14-16-42(30-50(34-45)61(49)71)66(44)78-28-26-76-24-23-75-25-27-77-65(41)43/h13-22,33-40H,23-32H2,1-12H3. The largest absolute Gasteiger partial charge is 0.491 e. The SMILES string of the molecule is CC(C)(C)C1=CC(=c2ccc(=C3C=C4Cc5cccc6c5OCCOCCOCCOc5c(cccc5CC5=CC(=c7ccc(=C8C=C(C(C)(C)C)C(=O)C(C(C)(C)C)=C8)s7)C=C(C6)C5=O)CC(=C3)C4=O)s2)C=C(C(C)(C)C)C1=O. The molecule has 0 fully saturated rings. The number of thiophene rings is 2. The van der Waals surface area contributed by atoms with Gasteiger partial charge in [-0.15, -0.1) is 22.7 Å². The minimum absolute atomic E-state index is 0.0501. The summed E-state index contributed by atoms with van der Waals surface area (Å²) >= 11 is 3.31. The van der Waals surface area contributed by atoms with Crippen molar-refractivity contribution in [3.05, 3.63) is 194 Å². The topological polar surface area (TPSA) is 105 Å². The molecule has 0 spiro atoms. The molecule has 10 heteroatoms. The lowest BCUT2D eigenvalue weighted by Crippen LogP contribution is -2.28. The second-order valence-electron chi connectivity index (χ2n) is 25.8. The minimum Gasteiger partial charge on any atom is -0.491 e. The van der Waals surface area contributed by atoms with Crippen molar-refractivity contribution in [1.29, 1.82) is 0 Å². The Labute approximate surface area is 479 Å². The number of fused-ring (bicyclic) bond motifs is 2. The molecule has 8 nitrogen and oxygen atoms in total. The number of carbonyl (C=O) groups is 4. The zero-order chi connectivity index (χ0) is 57.1. The zero-order valence-electron chi connectivity index (χ0n) is 48.5. The quantitative estimate of drug-likeness (QED) is 0.171. The average molecular weight is 1110 g/mol. The normalized spacial score (nSPS) is 19.2. The monoisotopic (exact) mass is 1110 g/mol. The van der Waals surface area contributed by atoms with Crippen molar-refractivity contribution >= 4 is 68.1 Å². The van der Waals surface area contributed by atoms with Gasteiger partial charge in [0.25, 0.3) is 0 Å². The van der Waals surface area contributed by atoms with Gasteiger partial charge in [0.15, 0.2) is 23.1 Å². The molecule has 80 heavy (non-hydrogen) atoms. The summed E-state index contributed by atoms with van der Waals surface area (Å²) < 4.78 is 29.6. The highest BCUT2D eigenvalue weighted by Crippen LogP contribution is 2.42. The predicted molar refractivity (Wildman–Crippen MR) is 324 cm³/mol. The predicted octanol–water partition coefficient (Wildman–Crippen LogP) is 11.4. The van der Waals surface area contributed by atoms with Gasteiger partial charge in [0.05, 0.1) is 26.4 Å². The first-order valence-electron chi connectivity index (χ1n) is 28.0. The number of rotatable bonds is 0. The Morgan fingerprint density at radius 2 is 0.575 bits per heavy atom. The van der Waals surface area contributed by atoms with Crippen molar-refractivity contribution in [3.63, 3.8) is 0 Å². The van der Waals surface area contributed by atoms with Crippen molar-refractivity contribution in [2.45, 2.75) is 109 Å². The summed E-state index contributed by atoms with van der Waals surface area (Å²) in [6.07, 6.45) is 17.5. The van der Waals surface area contributed by atoms with Crippen LogP contribution in [-0.4, -0.2) is 62.8 Å². The summed E-state index contributed by atoms with van der Waals surface area (Å²) in [6, 6.07) is 20.6. The average Bonchev–Trinajstić information content (AvgIpc) is 4.17. The first-order chi connectivity index (χ1) is 37.8. The Morgan fingerprint density at radius 1 is 0.325 bits per heavy atom. The van der Waals surface area contributed by atoms with Crippen LogP contribution in [0.3, 0.4) is 0 Å². The van der Waals surface area contributed by atoms with E-state index in [-0.39, 0.29) is 83.7 Å². The van der Waals surface area contributed by atoms with E-state index in [1.54, 1.807) is 22.7 Å². The van der Waals surface area contributed by atoms with E-state index in [0.717, 1.165) is 85.0 Å². The Bertz CT molecular complexity index is 3400. The van der Waals surface area contributed by atoms with Gasteiger partial charge in [-0.1, -0.05) is 119 Å². The van der Waals surface area contributed by atoms with Gasteiger partial charge in [-0.2, -0.15) is 0 Å². The lowest BCUT2D eigenvalue weighted by molar-refractivity contribution is -0.114. The molecular weight excluding hydrogens is 1030 g/mol. The van der Waals surface area contributed by atoms with Crippen LogP contribution < -0.4 is 27.6 Å². The fraction of sp³-hybridized carbons (Fsp3) is 0.371. The number of ketones is 4. The lowest BCUT2D eigenvalue weighted by atomic mass is 9.72. The molecular formula is C70H74O8S2. The van der Waals surface area contributed by atoms with Gasteiger partial charge in [0.2, 0.25) is 0 Å². The Hall–Kier alpha value is -6.56. The van der Waals surface area contributed by atoms with E-state index in [9.17, 15) is 9.59 Å². The number of hydrogen-bond acceptors (Lipinski definition) is 10. The molecule has 2 aromatic heterocycles. The van der Waals surface area contributed by atoms with Gasteiger partial charge < -0.3 is 18.9 Å². The Morgan fingerprint density at radius 3 is 0.838 bits per heavy atom. The van der Waals surface area contributed by atoms with Crippen LogP contribution in [0.2, 0.25) is 0 Å². The van der Waals surface area contributed by atoms with Crippen LogP contribution >= 0.6 is 22.7 Å². The van der Waals surface area contributed by atoms with Crippen LogP contribution in [-0.2, 0) is 54.3 Å². The number of ether oxygens (including phenoxy) is 4. The van der Waals surface area contributed by atoms with Crippen LogP contribution in [0.5, 0.6) is 11.5 Å². The highest BCUT2D eigenvalue weighted by molar-refractivity contribution is 7.08. The molecule has 0 saturated carbocycles. The third-order valence-electron chi connectivity index (χ3n) is 15.4. The zero-order valence-corrected chi connectivity index (χ0v) is 50.2. The summed E-state index contributed by atoms with van der Waals surface area (Å²) in [5.41, 5.74) is 11.4. The molecule has 6 aliphatic rings. The molecule has 4 aromatic rings. The van der Waals surface area contributed by atoms with Crippen LogP contribution in [0.1, 0.15) is 105 Å². The maximum absolute atomic E-state index is 15.2. The molecule has 414 valence electrons. The van der Waals surface area contributed by atoms with Crippen molar-refractivity contribution < 1.29 is 38.1 Å². The van der Waals surface area contributed by atoms with E-state index in [1.165, 1.54) is 0 Å². The minimum atomic E-state index is -0.350. The van der Waals surface area contributed by atoms with Crippen LogP contribution in [0, 0.1) is 21.7 Å². The van der Waals surface area contributed by atoms with Crippen molar-refractivity contribution in [2.24, 2.45) is 21.7 Å². The maximum Gasteiger partial charge on any atom is 0.186 e. The van der Waals surface area contributed by atoms with E-state index >= 15 is 9.59 Å². The second kappa shape index (κ2) is 22.1. The fourth-order valence-corrected chi connectivity index (χ4v) is 13.1. The van der Waals surface area contributed by atoms with E-state index in [1.807, 2.05) is 60.7 Å². The van der Waals surface area contributed by atoms with E-state index in [4.69, 9.17) is 18.9 Å². The Balaban J connectivity index is 1.18. The van der Waals surface area contributed by atoms with Gasteiger partial charge >= 0.3 is 0 Å².